The molecular formula is C9H6N4S2. The van der Waals surface area contributed by atoms with Crippen molar-refractivity contribution in [3.8, 4) is 6.07 Å². The summed E-state index contributed by atoms with van der Waals surface area (Å²) in [6.45, 7) is 1.88. The Balaban J connectivity index is 2.30. The summed E-state index contributed by atoms with van der Waals surface area (Å²) in [5.41, 5.74) is 0.623. The normalized spacial score (nSPS) is 9.87. The first kappa shape index (κ1) is 10.1. The van der Waals surface area contributed by atoms with Gasteiger partial charge in [-0.15, -0.1) is 0 Å². The van der Waals surface area contributed by atoms with E-state index in [0.717, 1.165) is 4.88 Å². The molecule has 0 saturated heterocycles. The van der Waals surface area contributed by atoms with Gasteiger partial charge in [-0.3, -0.25) is 0 Å². The van der Waals surface area contributed by atoms with Crippen LogP contribution in [0.5, 0.6) is 0 Å². The summed E-state index contributed by atoms with van der Waals surface area (Å²) in [6.07, 6.45) is 3.33. The van der Waals surface area contributed by atoms with E-state index in [1.807, 2.05) is 6.92 Å². The number of rotatable bonds is 2. The van der Waals surface area contributed by atoms with Crippen molar-refractivity contribution < 1.29 is 0 Å². The third-order valence-electron chi connectivity index (χ3n) is 1.67. The largest absolute Gasteiger partial charge is 0.231 e. The predicted octanol–water partition coefficient (Wildman–Crippen LogP) is 2.26. The average Bonchev–Trinajstić information content (AvgIpc) is 2.61. The maximum atomic E-state index is 8.93. The molecular weight excluding hydrogens is 228 g/mol. The van der Waals surface area contributed by atoms with Gasteiger partial charge in [0.2, 0.25) is 0 Å². The Bertz CT molecular complexity index is 501. The fraction of sp³-hybridized carbons (Fsp3) is 0.111. The summed E-state index contributed by atoms with van der Waals surface area (Å²) in [4.78, 5) is 9.06. The fourth-order valence-electron chi connectivity index (χ4n) is 0.973. The van der Waals surface area contributed by atoms with E-state index in [2.05, 4.69) is 20.4 Å². The maximum absolute atomic E-state index is 8.93. The Kier molecular flexibility index (Phi) is 2.94. The van der Waals surface area contributed by atoms with E-state index in [9.17, 15) is 0 Å². The molecule has 0 aliphatic heterocycles. The number of hydrogen-bond acceptors (Lipinski definition) is 6. The minimum absolute atomic E-state index is 0.610. The second-order valence-electron chi connectivity index (χ2n) is 2.66. The van der Waals surface area contributed by atoms with Gasteiger partial charge in [0, 0.05) is 17.3 Å². The molecule has 0 aliphatic rings. The second kappa shape index (κ2) is 4.38. The Labute approximate surface area is 95.2 Å². The number of nitrogens with zero attached hydrogens (tertiary/aromatic N) is 4. The van der Waals surface area contributed by atoms with Crippen LogP contribution < -0.4 is 0 Å². The highest BCUT2D eigenvalue weighted by atomic mass is 32.2. The molecule has 0 aliphatic carbocycles. The molecule has 0 atom stereocenters. The summed E-state index contributed by atoms with van der Waals surface area (Å²) < 4.78 is 4.18. The molecule has 74 valence electrons. The maximum Gasteiger partial charge on any atom is 0.193 e. The molecule has 0 spiro atoms. The van der Waals surface area contributed by atoms with Crippen LogP contribution in [0.1, 0.15) is 10.4 Å². The third kappa shape index (κ3) is 2.14. The van der Waals surface area contributed by atoms with Crippen LogP contribution in [-0.2, 0) is 0 Å². The molecule has 0 bridgehead atoms. The Hall–Kier alpha value is -1.45. The van der Waals surface area contributed by atoms with Crippen molar-refractivity contribution >= 4 is 23.3 Å². The highest BCUT2D eigenvalue weighted by Crippen LogP contribution is 2.29. The molecule has 15 heavy (non-hydrogen) atoms. The molecule has 6 heteroatoms. The van der Waals surface area contributed by atoms with Crippen molar-refractivity contribution in [1.29, 1.82) is 5.26 Å². The van der Waals surface area contributed by atoms with E-state index < -0.39 is 0 Å². The van der Waals surface area contributed by atoms with Gasteiger partial charge in [-0.25, -0.2) is 9.97 Å². The van der Waals surface area contributed by atoms with E-state index in [0.29, 0.717) is 15.7 Å². The van der Waals surface area contributed by atoms with Crippen molar-refractivity contribution in [2.45, 2.75) is 17.1 Å². The first-order chi connectivity index (χ1) is 7.31. The molecule has 0 amide bonds. The fourth-order valence-corrected chi connectivity index (χ4v) is 2.54. The van der Waals surface area contributed by atoms with Crippen LogP contribution in [0.2, 0.25) is 0 Å². The standard InChI is InChI=1S/C9H6N4S2/c1-6-7(5-10)8(13-15-6)14-9-11-3-2-4-12-9/h2-4H,1H3. The van der Waals surface area contributed by atoms with Gasteiger partial charge in [0.1, 0.15) is 16.7 Å². The lowest BCUT2D eigenvalue weighted by molar-refractivity contribution is 0.963. The van der Waals surface area contributed by atoms with Crippen LogP contribution >= 0.6 is 23.3 Å². The SMILES string of the molecule is Cc1snc(Sc2ncccn2)c1C#N. The van der Waals surface area contributed by atoms with Crippen molar-refractivity contribution in [1.82, 2.24) is 14.3 Å². The number of aryl methyl sites for hydroxylation is 1. The number of aromatic nitrogens is 3. The number of hydrogen-bond donors (Lipinski definition) is 0. The van der Waals surface area contributed by atoms with Crippen molar-refractivity contribution in [3.63, 3.8) is 0 Å². The second-order valence-corrected chi connectivity index (χ2v) is 4.60. The molecule has 0 radical (unpaired) electrons. The summed E-state index contributed by atoms with van der Waals surface area (Å²) in [7, 11) is 0. The monoisotopic (exact) mass is 234 g/mol. The van der Waals surface area contributed by atoms with Gasteiger partial charge in [0.15, 0.2) is 5.16 Å². The van der Waals surface area contributed by atoms with E-state index in [4.69, 9.17) is 5.26 Å². The van der Waals surface area contributed by atoms with Crippen LogP contribution in [0, 0.1) is 18.3 Å². The third-order valence-corrected chi connectivity index (χ3v) is 3.42. The van der Waals surface area contributed by atoms with Crippen molar-refractivity contribution in [2.75, 3.05) is 0 Å². The average molecular weight is 234 g/mol. The Morgan fingerprint density at radius 3 is 2.80 bits per heavy atom. The molecule has 0 aromatic carbocycles. The molecule has 0 saturated carbocycles. The summed E-state index contributed by atoms with van der Waals surface area (Å²) >= 11 is 2.64. The van der Waals surface area contributed by atoms with Gasteiger partial charge in [0.05, 0.1) is 0 Å². The lowest BCUT2D eigenvalue weighted by Crippen LogP contribution is -1.85. The highest BCUT2D eigenvalue weighted by Gasteiger charge is 2.12. The van der Waals surface area contributed by atoms with Crippen molar-refractivity contribution in [2.24, 2.45) is 0 Å². The zero-order valence-electron chi connectivity index (χ0n) is 7.84. The molecule has 2 rings (SSSR count). The van der Waals surface area contributed by atoms with E-state index >= 15 is 0 Å². The van der Waals surface area contributed by atoms with Crippen LogP contribution in [0.25, 0.3) is 0 Å². The predicted molar refractivity (Wildman–Crippen MR) is 57.7 cm³/mol. The molecule has 2 heterocycles. The summed E-state index contributed by atoms with van der Waals surface area (Å²) in [5, 5.41) is 10.2. The zero-order chi connectivity index (χ0) is 10.7. The smallest absolute Gasteiger partial charge is 0.193 e. The molecule has 0 N–H and O–H groups in total. The van der Waals surface area contributed by atoms with Gasteiger partial charge in [0.25, 0.3) is 0 Å². The minimum atomic E-state index is 0.610. The van der Waals surface area contributed by atoms with E-state index in [1.54, 1.807) is 18.5 Å². The first-order valence-corrected chi connectivity index (χ1v) is 5.71. The summed E-state index contributed by atoms with van der Waals surface area (Å²) in [6, 6.07) is 3.89. The topological polar surface area (TPSA) is 62.5 Å². The lowest BCUT2D eigenvalue weighted by atomic mass is 10.3. The Morgan fingerprint density at radius 2 is 2.13 bits per heavy atom. The van der Waals surface area contributed by atoms with E-state index in [1.165, 1.54) is 23.3 Å². The van der Waals surface area contributed by atoms with Crippen LogP contribution in [-0.4, -0.2) is 14.3 Å². The van der Waals surface area contributed by atoms with Crippen LogP contribution in [0.3, 0.4) is 0 Å². The number of nitriles is 1. The highest BCUT2D eigenvalue weighted by molar-refractivity contribution is 7.99. The molecule has 0 unspecified atom stereocenters. The molecule has 0 fully saturated rings. The van der Waals surface area contributed by atoms with Gasteiger partial charge in [-0.1, -0.05) is 0 Å². The Morgan fingerprint density at radius 1 is 1.40 bits per heavy atom. The summed E-state index contributed by atoms with van der Waals surface area (Å²) in [5.74, 6) is 0. The van der Waals surface area contributed by atoms with Crippen LogP contribution in [0.4, 0.5) is 0 Å². The molecule has 2 aromatic heterocycles. The van der Waals surface area contributed by atoms with Gasteiger partial charge in [-0.2, -0.15) is 9.64 Å². The van der Waals surface area contributed by atoms with Gasteiger partial charge < -0.3 is 0 Å². The molecule has 4 nitrogen and oxygen atoms in total. The van der Waals surface area contributed by atoms with Crippen LogP contribution in [0.15, 0.2) is 28.6 Å². The first-order valence-electron chi connectivity index (χ1n) is 4.12. The minimum Gasteiger partial charge on any atom is -0.231 e. The quantitative estimate of drug-likeness (QED) is 0.746. The lowest BCUT2D eigenvalue weighted by Gasteiger charge is -1.94. The molecule has 2 aromatic rings. The van der Waals surface area contributed by atoms with E-state index in [-0.39, 0.29) is 0 Å². The van der Waals surface area contributed by atoms with Gasteiger partial charge >= 0.3 is 0 Å². The van der Waals surface area contributed by atoms with Crippen molar-refractivity contribution in [3.05, 3.63) is 28.9 Å². The van der Waals surface area contributed by atoms with Gasteiger partial charge in [-0.05, 0) is 36.3 Å². The zero-order valence-corrected chi connectivity index (χ0v) is 9.47.